The SMILES string of the molecule is O=C(Cc1nnn(-c2ccncc2)c1-c1cccc2ccccc12)Nc1ccc(-c2ccccc2)cn1. The smallest absolute Gasteiger partial charge is 0.231 e. The Morgan fingerprint density at radius 1 is 0.784 bits per heavy atom. The zero-order chi connectivity index (χ0) is 25.0. The fourth-order valence-electron chi connectivity index (χ4n) is 4.41. The molecule has 7 heteroatoms. The van der Waals surface area contributed by atoms with E-state index in [1.165, 1.54) is 0 Å². The number of anilines is 1. The summed E-state index contributed by atoms with van der Waals surface area (Å²) in [4.78, 5) is 21.6. The fraction of sp³-hybridized carbons (Fsp3) is 0.0333. The molecule has 0 radical (unpaired) electrons. The summed E-state index contributed by atoms with van der Waals surface area (Å²) in [5.74, 6) is 0.265. The van der Waals surface area contributed by atoms with E-state index >= 15 is 0 Å². The van der Waals surface area contributed by atoms with Crippen LogP contribution < -0.4 is 5.32 Å². The van der Waals surface area contributed by atoms with Gasteiger partial charge in [0.15, 0.2) is 0 Å². The highest BCUT2D eigenvalue weighted by Gasteiger charge is 2.21. The van der Waals surface area contributed by atoms with Gasteiger partial charge in [-0.15, -0.1) is 5.10 Å². The van der Waals surface area contributed by atoms with Crippen LogP contribution in [0.4, 0.5) is 5.82 Å². The van der Waals surface area contributed by atoms with E-state index in [9.17, 15) is 4.79 Å². The summed E-state index contributed by atoms with van der Waals surface area (Å²) < 4.78 is 1.76. The molecule has 0 unspecified atom stereocenters. The molecule has 3 heterocycles. The molecule has 6 aromatic rings. The average molecular weight is 483 g/mol. The quantitative estimate of drug-likeness (QED) is 0.328. The van der Waals surface area contributed by atoms with Crippen LogP contribution in [0.3, 0.4) is 0 Å². The van der Waals surface area contributed by atoms with Crippen molar-refractivity contribution in [1.29, 1.82) is 0 Å². The summed E-state index contributed by atoms with van der Waals surface area (Å²) in [6.07, 6.45) is 5.22. The van der Waals surface area contributed by atoms with Gasteiger partial charge in [0.25, 0.3) is 0 Å². The first-order valence-electron chi connectivity index (χ1n) is 11.9. The first-order chi connectivity index (χ1) is 18.3. The molecule has 6 rings (SSSR count). The van der Waals surface area contributed by atoms with E-state index in [1.807, 2.05) is 72.8 Å². The maximum absolute atomic E-state index is 13.1. The maximum Gasteiger partial charge on any atom is 0.231 e. The van der Waals surface area contributed by atoms with E-state index in [-0.39, 0.29) is 12.3 Å². The predicted octanol–water partition coefficient (Wildman–Crippen LogP) is 5.73. The fourth-order valence-corrected chi connectivity index (χ4v) is 4.41. The lowest BCUT2D eigenvalue weighted by molar-refractivity contribution is -0.115. The Morgan fingerprint density at radius 3 is 2.38 bits per heavy atom. The molecule has 0 atom stereocenters. The number of carbonyl (C=O) groups is 1. The van der Waals surface area contributed by atoms with Crippen LogP contribution in [-0.4, -0.2) is 30.9 Å². The van der Waals surface area contributed by atoms with Crippen molar-refractivity contribution in [3.05, 3.63) is 121 Å². The first-order valence-corrected chi connectivity index (χ1v) is 11.9. The normalized spacial score (nSPS) is 10.9. The summed E-state index contributed by atoms with van der Waals surface area (Å²) in [5.41, 5.74) is 5.16. The van der Waals surface area contributed by atoms with Crippen LogP contribution in [0.25, 0.3) is 38.8 Å². The summed E-state index contributed by atoms with van der Waals surface area (Å²) >= 11 is 0. The zero-order valence-corrected chi connectivity index (χ0v) is 19.8. The minimum Gasteiger partial charge on any atom is -0.310 e. The van der Waals surface area contributed by atoms with Gasteiger partial charge in [-0.1, -0.05) is 78.0 Å². The third-order valence-corrected chi connectivity index (χ3v) is 6.16. The van der Waals surface area contributed by atoms with Crippen molar-refractivity contribution in [2.45, 2.75) is 6.42 Å². The molecule has 178 valence electrons. The van der Waals surface area contributed by atoms with Gasteiger partial charge in [-0.3, -0.25) is 9.78 Å². The van der Waals surface area contributed by atoms with Crippen LogP contribution in [-0.2, 0) is 11.2 Å². The van der Waals surface area contributed by atoms with Crippen molar-refractivity contribution in [3.8, 4) is 28.1 Å². The van der Waals surface area contributed by atoms with Crippen LogP contribution in [0.5, 0.6) is 0 Å². The minimum atomic E-state index is -0.219. The van der Waals surface area contributed by atoms with Gasteiger partial charge in [-0.25, -0.2) is 9.67 Å². The van der Waals surface area contributed by atoms with E-state index in [4.69, 9.17) is 0 Å². The molecule has 3 aromatic carbocycles. The third kappa shape index (κ3) is 4.58. The molecule has 0 fully saturated rings. The lowest BCUT2D eigenvalue weighted by atomic mass is 10.00. The number of nitrogens with zero attached hydrogens (tertiary/aromatic N) is 5. The van der Waals surface area contributed by atoms with Crippen LogP contribution in [0.1, 0.15) is 5.69 Å². The monoisotopic (exact) mass is 482 g/mol. The predicted molar refractivity (Wildman–Crippen MR) is 144 cm³/mol. The van der Waals surface area contributed by atoms with Crippen LogP contribution in [0.2, 0.25) is 0 Å². The second-order valence-corrected chi connectivity index (χ2v) is 8.55. The molecule has 7 nitrogen and oxygen atoms in total. The van der Waals surface area contributed by atoms with E-state index in [0.29, 0.717) is 11.5 Å². The summed E-state index contributed by atoms with van der Waals surface area (Å²) in [5, 5.41) is 13.9. The highest BCUT2D eigenvalue weighted by molar-refractivity contribution is 5.98. The molecule has 1 amide bonds. The van der Waals surface area contributed by atoms with E-state index < -0.39 is 0 Å². The van der Waals surface area contributed by atoms with Gasteiger partial charge in [0, 0.05) is 29.7 Å². The number of nitrogens with one attached hydrogen (secondary N) is 1. The lowest BCUT2D eigenvalue weighted by Gasteiger charge is -2.11. The summed E-state index contributed by atoms with van der Waals surface area (Å²) in [6, 6.07) is 31.7. The molecule has 37 heavy (non-hydrogen) atoms. The van der Waals surface area contributed by atoms with Crippen molar-refractivity contribution in [1.82, 2.24) is 25.0 Å². The first kappa shape index (κ1) is 22.3. The number of aromatic nitrogens is 5. The Balaban J connectivity index is 1.32. The van der Waals surface area contributed by atoms with Crippen LogP contribution in [0.15, 0.2) is 116 Å². The number of pyridine rings is 2. The van der Waals surface area contributed by atoms with Crippen molar-refractivity contribution >= 4 is 22.5 Å². The Bertz CT molecular complexity index is 1670. The van der Waals surface area contributed by atoms with Gasteiger partial charge < -0.3 is 5.32 Å². The Hall–Kier alpha value is -5.17. The van der Waals surface area contributed by atoms with E-state index in [0.717, 1.165) is 38.8 Å². The lowest BCUT2D eigenvalue weighted by Crippen LogP contribution is -2.16. The van der Waals surface area contributed by atoms with E-state index in [1.54, 1.807) is 29.3 Å². The molecule has 1 N–H and O–H groups in total. The van der Waals surface area contributed by atoms with Gasteiger partial charge in [0.1, 0.15) is 11.5 Å². The molecular weight excluding hydrogens is 460 g/mol. The second kappa shape index (κ2) is 9.83. The van der Waals surface area contributed by atoms with Crippen LogP contribution >= 0.6 is 0 Å². The highest BCUT2D eigenvalue weighted by Crippen LogP contribution is 2.32. The Kier molecular flexibility index (Phi) is 5.93. The number of fused-ring (bicyclic) bond motifs is 1. The molecule has 0 aliphatic carbocycles. The van der Waals surface area contributed by atoms with Crippen molar-refractivity contribution in [3.63, 3.8) is 0 Å². The average Bonchev–Trinajstić information content (AvgIpc) is 3.37. The molecule has 0 aliphatic heterocycles. The summed E-state index contributed by atoms with van der Waals surface area (Å²) in [7, 11) is 0. The van der Waals surface area contributed by atoms with Gasteiger partial charge >= 0.3 is 0 Å². The summed E-state index contributed by atoms with van der Waals surface area (Å²) in [6.45, 7) is 0. The van der Waals surface area contributed by atoms with Crippen molar-refractivity contribution in [2.24, 2.45) is 0 Å². The largest absolute Gasteiger partial charge is 0.310 e. The number of amides is 1. The molecular formula is C30H22N6O. The molecule has 0 saturated carbocycles. The Morgan fingerprint density at radius 2 is 1.57 bits per heavy atom. The number of benzene rings is 3. The van der Waals surface area contributed by atoms with Gasteiger partial charge in [-0.2, -0.15) is 0 Å². The third-order valence-electron chi connectivity index (χ3n) is 6.16. The van der Waals surface area contributed by atoms with Crippen molar-refractivity contribution < 1.29 is 4.79 Å². The molecule has 0 saturated heterocycles. The molecule has 0 spiro atoms. The van der Waals surface area contributed by atoms with Gasteiger partial charge in [0.05, 0.1) is 17.8 Å². The standard InChI is InChI=1S/C30H22N6O/c37-29(33-28-14-13-23(20-32-28)21-7-2-1-3-8-21)19-27-30(36(35-34-27)24-15-17-31-18-16-24)26-12-6-10-22-9-4-5-11-25(22)26/h1-18,20H,19H2,(H,32,33,37). The highest BCUT2D eigenvalue weighted by atomic mass is 16.1. The minimum absolute atomic E-state index is 0.0474. The zero-order valence-electron chi connectivity index (χ0n) is 19.8. The number of hydrogen-bond acceptors (Lipinski definition) is 5. The van der Waals surface area contributed by atoms with Crippen molar-refractivity contribution in [2.75, 3.05) is 5.32 Å². The number of carbonyl (C=O) groups excluding carboxylic acids is 1. The van der Waals surface area contributed by atoms with E-state index in [2.05, 4.69) is 43.8 Å². The van der Waals surface area contributed by atoms with Gasteiger partial charge in [-0.05, 0) is 40.6 Å². The topological polar surface area (TPSA) is 85.6 Å². The maximum atomic E-state index is 13.1. The number of rotatable bonds is 6. The van der Waals surface area contributed by atoms with Crippen LogP contribution in [0, 0.1) is 0 Å². The second-order valence-electron chi connectivity index (χ2n) is 8.55. The number of hydrogen-bond donors (Lipinski definition) is 1. The molecule has 3 aromatic heterocycles. The Labute approximate surface area is 213 Å². The molecule has 0 aliphatic rings. The molecule has 0 bridgehead atoms. The van der Waals surface area contributed by atoms with Gasteiger partial charge in [0.2, 0.25) is 5.91 Å².